The number of carbonyl (C=O) groups excluding carboxylic acids is 1. The quantitative estimate of drug-likeness (QED) is 0.698. The lowest BCUT2D eigenvalue weighted by atomic mass is 10.2. The van der Waals surface area contributed by atoms with E-state index in [1.54, 1.807) is 0 Å². The highest BCUT2D eigenvalue weighted by Crippen LogP contribution is 2.24. The molecule has 0 unspecified atom stereocenters. The van der Waals surface area contributed by atoms with Gasteiger partial charge in [0, 0.05) is 71.5 Å². The molecule has 0 bridgehead atoms. The van der Waals surface area contributed by atoms with Crippen molar-refractivity contribution >= 4 is 6.03 Å². The highest BCUT2D eigenvalue weighted by molar-refractivity contribution is 5.74. The third-order valence-electron chi connectivity index (χ3n) is 7.08. The predicted octanol–water partition coefficient (Wildman–Crippen LogP) is 2.46. The number of urea groups is 1. The van der Waals surface area contributed by atoms with Gasteiger partial charge in [-0.05, 0) is 31.4 Å². The Labute approximate surface area is 182 Å². The van der Waals surface area contributed by atoms with E-state index >= 15 is 0 Å². The van der Waals surface area contributed by atoms with Gasteiger partial charge in [-0.15, -0.1) is 0 Å². The van der Waals surface area contributed by atoms with Gasteiger partial charge in [-0.1, -0.05) is 43.2 Å². The summed E-state index contributed by atoms with van der Waals surface area (Å²) in [5, 5.41) is 3.15. The smallest absolute Gasteiger partial charge is 0.317 e. The molecule has 0 aromatic heterocycles. The molecule has 0 spiro atoms. The van der Waals surface area contributed by atoms with E-state index in [1.807, 2.05) is 4.90 Å². The molecule has 0 atom stereocenters. The Morgan fingerprint density at radius 1 is 0.867 bits per heavy atom. The summed E-state index contributed by atoms with van der Waals surface area (Å²) < 4.78 is 0. The lowest BCUT2D eigenvalue weighted by Gasteiger charge is -2.38. The predicted molar refractivity (Wildman–Crippen MR) is 122 cm³/mol. The summed E-state index contributed by atoms with van der Waals surface area (Å²) in [5.74, 6) is 0. The van der Waals surface area contributed by atoms with Crippen LogP contribution in [0.3, 0.4) is 0 Å². The molecular formula is C24H39N5O. The monoisotopic (exact) mass is 413 g/mol. The van der Waals surface area contributed by atoms with Crippen LogP contribution in [0.15, 0.2) is 30.3 Å². The van der Waals surface area contributed by atoms with E-state index in [0.29, 0.717) is 0 Å². The minimum atomic E-state index is 0.133. The first-order chi connectivity index (χ1) is 14.8. The van der Waals surface area contributed by atoms with E-state index in [0.717, 1.165) is 84.5 Å². The molecule has 2 amide bonds. The van der Waals surface area contributed by atoms with Gasteiger partial charge < -0.3 is 15.1 Å². The van der Waals surface area contributed by atoms with E-state index in [1.165, 1.54) is 31.2 Å². The van der Waals surface area contributed by atoms with Crippen molar-refractivity contribution in [2.75, 3.05) is 65.4 Å². The Bertz CT molecular complexity index is 632. The van der Waals surface area contributed by atoms with Gasteiger partial charge in [-0.3, -0.25) is 9.80 Å². The van der Waals surface area contributed by atoms with Crippen molar-refractivity contribution in [1.29, 1.82) is 0 Å². The molecule has 1 N–H and O–H groups in total. The molecule has 2 saturated heterocycles. The van der Waals surface area contributed by atoms with Gasteiger partial charge in [0.15, 0.2) is 0 Å². The fourth-order valence-corrected chi connectivity index (χ4v) is 5.18. The van der Waals surface area contributed by atoms with Crippen molar-refractivity contribution in [3.63, 3.8) is 0 Å². The van der Waals surface area contributed by atoms with Gasteiger partial charge in [-0.2, -0.15) is 0 Å². The summed E-state index contributed by atoms with van der Waals surface area (Å²) in [6.07, 6.45) is 6.51. The van der Waals surface area contributed by atoms with Crippen LogP contribution in [0.5, 0.6) is 0 Å². The average Bonchev–Trinajstić information content (AvgIpc) is 3.33. The summed E-state index contributed by atoms with van der Waals surface area (Å²) in [7, 11) is 0. The lowest BCUT2D eigenvalue weighted by Crippen LogP contribution is -2.54. The summed E-state index contributed by atoms with van der Waals surface area (Å²) >= 11 is 0. The topological polar surface area (TPSA) is 42.1 Å². The second-order valence-electron chi connectivity index (χ2n) is 9.15. The standard InChI is InChI=1S/C24H39N5O/c30-24(29-19-17-28(18-20-29)23-9-4-5-10-23)25-11-6-12-26-13-15-27(16-14-26)21-22-7-2-1-3-8-22/h1-3,7-8,23H,4-6,9-21H2,(H,25,30). The normalized spacial score (nSPS) is 22.5. The SMILES string of the molecule is O=C(NCCCN1CCN(Cc2ccccc2)CC1)N1CCN(C2CCCC2)CC1. The number of nitrogens with one attached hydrogen (secondary N) is 1. The van der Waals surface area contributed by atoms with Gasteiger partial charge in [0.1, 0.15) is 0 Å². The van der Waals surface area contributed by atoms with Crippen LogP contribution >= 0.6 is 0 Å². The minimum Gasteiger partial charge on any atom is -0.338 e. The Morgan fingerprint density at radius 3 is 2.23 bits per heavy atom. The second-order valence-corrected chi connectivity index (χ2v) is 9.15. The molecule has 2 heterocycles. The number of benzene rings is 1. The van der Waals surface area contributed by atoms with Gasteiger partial charge in [-0.25, -0.2) is 4.79 Å². The minimum absolute atomic E-state index is 0.133. The molecule has 1 saturated carbocycles. The molecule has 6 heteroatoms. The maximum atomic E-state index is 12.5. The summed E-state index contributed by atoms with van der Waals surface area (Å²) in [5.41, 5.74) is 1.40. The molecule has 3 fully saturated rings. The number of hydrogen-bond acceptors (Lipinski definition) is 4. The maximum Gasteiger partial charge on any atom is 0.317 e. The van der Waals surface area contributed by atoms with Gasteiger partial charge in [0.25, 0.3) is 0 Å². The van der Waals surface area contributed by atoms with Crippen molar-refractivity contribution in [2.24, 2.45) is 0 Å². The Kier molecular flexibility index (Phi) is 8.01. The molecule has 2 aliphatic heterocycles. The zero-order chi connectivity index (χ0) is 20.6. The fourth-order valence-electron chi connectivity index (χ4n) is 5.18. The van der Waals surface area contributed by atoms with Gasteiger partial charge in [0.05, 0.1) is 0 Å². The molecule has 6 nitrogen and oxygen atoms in total. The molecule has 166 valence electrons. The summed E-state index contributed by atoms with van der Waals surface area (Å²) in [6.45, 7) is 11.3. The van der Waals surface area contributed by atoms with Crippen LogP contribution in [-0.4, -0.2) is 97.1 Å². The van der Waals surface area contributed by atoms with E-state index in [4.69, 9.17) is 0 Å². The van der Waals surface area contributed by atoms with Crippen LogP contribution < -0.4 is 5.32 Å². The first kappa shape index (κ1) is 21.6. The highest BCUT2D eigenvalue weighted by atomic mass is 16.2. The van der Waals surface area contributed by atoms with Crippen LogP contribution in [-0.2, 0) is 6.54 Å². The summed E-state index contributed by atoms with van der Waals surface area (Å²) in [4.78, 5) is 22.2. The van der Waals surface area contributed by atoms with Gasteiger partial charge >= 0.3 is 6.03 Å². The number of amides is 2. The zero-order valence-electron chi connectivity index (χ0n) is 18.5. The van der Waals surface area contributed by atoms with Crippen LogP contribution in [0.2, 0.25) is 0 Å². The maximum absolute atomic E-state index is 12.5. The van der Waals surface area contributed by atoms with Crippen molar-refractivity contribution in [2.45, 2.75) is 44.7 Å². The highest BCUT2D eigenvalue weighted by Gasteiger charge is 2.27. The third-order valence-corrected chi connectivity index (χ3v) is 7.08. The third kappa shape index (κ3) is 6.19. The van der Waals surface area contributed by atoms with Crippen LogP contribution in [0, 0.1) is 0 Å². The average molecular weight is 414 g/mol. The zero-order valence-corrected chi connectivity index (χ0v) is 18.5. The van der Waals surface area contributed by atoms with E-state index in [9.17, 15) is 4.79 Å². The first-order valence-corrected chi connectivity index (χ1v) is 12.0. The molecule has 1 aliphatic carbocycles. The number of piperazine rings is 2. The van der Waals surface area contributed by atoms with Crippen LogP contribution in [0.1, 0.15) is 37.7 Å². The molecule has 0 radical (unpaired) electrons. The number of nitrogens with zero attached hydrogens (tertiary/aromatic N) is 4. The Hall–Kier alpha value is -1.63. The molecule has 30 heavy (non-hydrogen) atoms. The molecule has 4 rings (SSSR count). The number of hydrogen-bond donors (Lipinski definition) is 1. The lowest BCUT2D eigenvalue weighted by molar-refractivity contribution is 0.109. The van der Waals surface area contributed by atoms with Crippen molar-refractivity contribution in [1.82, 2.24) is 24.9 Å². The van der Waals surface area contributed by atoms with E-state index in [2.05, 4.69) is 50.3 Å². The van der Waals surface area contributed by atoms with E-state index < -0.39 is 0 Å². The fraction of sp³-hybridized carbons (Fsp3) is 0.708. The van der Waals surface area contributed by atoms with E-state index in [-0.39, 0.29) is 6.03 Å². The van der Waals surface area contributed by atoms with Crippen molar-refractivity contribution in [3.8, 4) is 0 Å². The molecule has 3 aliphatic rings. The Morgan fingerprint density at radius 2 is 1.53 bits per heavy atom. The number of carbonyl (C=O) groups is 1. The molecular weight excluding hydrogens is 374 g/mol. The largest absolute Gasteiger partial charge is 0.338 e. The van der Waals surface area contributed by atoms with Crippen LogP contribution in [0.25, 0.3) is 0 Å². The van der Waals surface area contributed by atoms with Crippen molar-refractivity contribution in [3.05, 3.63) is 35.9 Å². The van der Waals surface area contributed by atoms with Crippen LogP contribution in [0.4, 0.5) is 4.79 Å². The molecule has 1 aromatic rings. The first-order valence-electron chi connectivity index (χ1n) is 12.0. The van der Waals surface area contributed by atoms with Gasteiger partial charge in [0.2, 0.25) is 0 Å². The number of rotatable bonds is 7. The Balaban J connectivity index is 1.05. The summed E-state index contributed by atoms with van der Waals surface area (Å²) in [6, 6.07) is 11.7. The van der Waals surface area contributed by atoms with Crippen molar-refractivity contribution < 1.29 is 4.79 Å². The second kappa shape index (κ2) is 11.1. The molecule has 1 aromatic carbocycles.